The number of hydrogen-bond donors (Lipinski definition) is 0. The average Bonchev–Trinajstić information content (AvgIpc) is 2.85. The van der Waals surface area contributed by atoms with Gasteiger partial charge in [-0.15, -0.1) is 0 Å². The van der Waals surface area contributed by atoms with Gasteiger partial charge in [0.25, 0.3) is 0 Å². The van der Waals surface area contributed by atoms with Crippen molar-refractivity contribution < 1.29 is 9.15 Å². The Morgan fingerprint density at radius 3 is 2.74 bits per heavy atom. The van der Waals surface area contributed by atoms with Crippen LogP contribution in [-0.2, 0) is 6.42 Å². The van der Waals surface area contributed by atoms with Gasteiger partial charge in [0, 0.05) is 32.8 Å². The molecular weight excluding hydrogens is 352 g/mol. The number of para-hydroxylation sites is 1. The maximum atomic E-state index is 6.18. The highest BCUT2D eigenvalue weighted by atomic mass is 79.9. The number of benzene rings is 3. The second kappa shape index (κ2) is 4.87. The van der Waals surface area contributed by atoms with Gasteiger partial charge in [-0.25, -0.2) is 0 Å². The number of rotatable bonds is 0. The Hall–Kier alpha value is -2.26. The van der Waals surface area contributed by atoms with E-state index in [4.69, 9.17) is 9.15 Å². The summed E-state index contributed by atoms with van der Waals surface area (Å²) in [6, 6.07) is 18.7. The Labute approximate surface area is 141 Å². The summed E-state index contributed by atoms with van der Waals surface area (Å²) >= 11 is 3.57. The van der Waals surface area contributed by atoms with Crippen molar-refractivity contribution in [1.82, 2.24) is 0 Å². The molecule has 112 valence electrons. The first kappa shape index (κ1) is 13.2. The zero-order valence-electron chi connectivity index (χ0n) is 12.3. The van der Waals surface area contributed by atoms with Crippen molar-refractivity contribution in [1.29, 1.82) is 0 Å². The summed E-state index contributed by atoms with van der Waals surface area (Å²) < 4.78 is 13.2. The van der Waals surface area contributed by atoms with E-state index in [1.165, 1.54) is 21.9 Å². The van der Waals surface area contributed by atoms with Crippen LogP contribution in [0.3, 0.4) is 0 Å². The van der Waals surface area contributed by atoms with E-state index in [-0.39, 0.29) is 0 Å². The first-order chi connectivity index (χ1) is 11.3. The van der Waals surface area contributed by atoms with Crippen molar-refractivity contribution >= 4 is 37.9 Å². The molecule has 0 aliphatic carbocycles. The lowest BCUT2D eigenvalue weighted by Gasteiger charge is -2.09. The molecule has 23 heavy (non-hydrogen) atoms. The Bertz CT molecular complexity index is 1060. The summed E-state index contributed by atoms with van der Waals surface area (Å²) in [6.45, 7) is 0.664. The third-order valence-electron chi connectivity index (χ3n) is 4.49. The van der Waals surface area contributed by atoms with Gasteiger partial charge >= 0.3 is 0 Å². The number of fused-ring (bicyclic) bond motifs is 7. The molecular formula is C20H13BrO2. The van der Waals surface area contributed by atoms with Crippen molar-refractivity contribution in [2.24, 2.45) is 0 Å². The van der Waals surface area contributed by atoms with Crippen LogP contribution >= 0.6 is 15.9 Å². The fourth-order valence-corrected chi connectivity index (χ4v) is 3.81. The van der Waals surface area contributed by atoms with Crippen LogP contribution in [-0.4, -0.2) is 6.61 Å². The first-order valence-electron chi connectivity index (χ1n) is 7.67. The fraction of sp³-hybridized carbons (Fsp3) is 0.100. The number of hydrogen-bond acceptors (Lipinski definition) is 2. The highest BCUT2D eigenvalue weighted by Crippen LogP contribution is 2.42. The predicted octanol–water partition coefficient (Wildman–Crippen LogP) is 5.95. The summed E-state index contributed by atoms with van der Waals surface area (Å²) in [5, 5.41) is 2.35. The quantitative estimate of drug-likeness (QED) is 0.384. The smallest absolute Gasteiger partial charge is 0.139 e. The van der Waals surface area contributed by atoms with Gasteiger partial charge in [0.15, 0.2) is 0 Å². The zero-order valence-corrected chi connectivity index (χ0v) is 13.9. The molecule has 1 aliphatic rings. The molecule has 0 spiro atoms. The van der Waals surface area contributed by atoms with Crippen molar-refractivity contribution in [2.45, 2.75) is 6.42 Å². The molecule has 0 radical (unpaired) electrons. The van der Waals surface area contributed by atoms with Crippen LogP contribution in [0.2, 0.25) is 0 Å². The van der Waals surface area contributed by atoms with E-state index >= 15 is 0 Å². The van der Waals surface area contributed by atoms with Gasteiger partial charge in [0.2, 0.25) is 0 Å². The molecule has 0 saturated carbocycles. The van der Waals surface area contributed by atoms with E-state index in [2.05, 4.69) is 46.3 Å². The lowest BCUT2D eigenvalue weighted by atomic mass is 9.95. The monoisotopic (exact) mass is 364 g/mol. The maximum Gasteiger partial charge on any atom is 0.139 e. The number of ether oxygens (including phenoxy) is 1. The van der Waals surface area contributed by atoms with E-state index in [1.54, 1.807) is 0 Å². The molecule has 2 heterocycles. The molecule has 3 heteroatoms. The van der Waals surface area contributed by atoms with Gasteiger partial charge in [-0.1, -0.05) is 40.2 Å². The minimum Gasteiger partial charge on any atom is -0.493 e. The van der Waals surface area contributed by atoms with Gasteiger partial charge in [-0.2, -0.15) is 0 Å². The summed E-state index contributed by atoms with van der Waals surface area (Å²) in [5.41, 5.74) is 5.48. The predicted molar refractivity (Wildman–Crippen MR) is 96.1 cm³/mol. The first-order valence-corrected chi connectivity index (χ1v) is 8.46. The largest absolute Gasteiger partial charge is 0.493 e. The molecule has 1 aliphatic heterocycles. The average molecular weight is 365 g/mol. The maximum absolute atomic E-state index is 6.18. The van der Waals surface area contributed by atoms with Gasteiger partial charge in [0.1, 0.15) is 16.9 Å². The molecule has 0 atom stereocenters. The Kier molecular flexibility index (Phi) is 2.79. The molecule has 2 nitrogen and oxygen atoms in total. The standard InChI is InChI=1S/C20H13BrO2/c21-12-5-8-18-17(11-12)13-6-7-15-14-3-1-2-4-19(14)23-20(15)16(13)9-10-22-18/h1-8,11H,9-10H2. The van der Waals surface area contributed by atoms with Crippen LogP contribution < -0.4 is 4.74 Å². The highest BCUT2D eigenvalue weighted by Gasteiger charge is 2.20. The van der Waals surface area contributed by atoms with Crippen LogP contribution in [0.25, 0.3) is 33.1 Å². The van der Waals surface area contributed by atoms with Crippen molar-refractivity contribution in [3.8, 4) is 16.9 Å². The Balaban J connectivity index is 1.89. The lowest BCUT2D eigenvalue weighted by molar-refractivity contribution is 0.326. The molecule has 3 aromatic carbocycles. The second-order valence-electron chi connectivity index (χ2n) is 5.81. The lowest BCUT2D eigenvalue weighted by Crippen LogP contribution is -1.98. The number of halogens is 1. The minimum atomic E-state index is 0.664. The molecule has 4 aromatic rings. The van der Waals surface area contributed by atoms with Crippen molar-refractivity contribution in [2.75, 3.05) is 6.61 Å². The molecule has 0 bridgehead atoms. The molecule has 0 unspecified atom stereocenters. The molecule has 1 aromatic heterocycles. The van der Waals surface area contributed by atoms with Crippen molar-refractivity contribution in [3.63, 3.8) is 0 Å². The van der Waals surface area contributed by atoms with Crippen LogP contribution in [0, 0.1) is 0 Å². The highest BCUT2D eigenvalue weighted by molar-refractivity contribution is 9.10. The van der Waals surface area contributed by atoms with Gasteiger partial charge in [0.05, 0.1) is 6.61 Å². The SMILES string of the molecule is Brc1ccc2c(c1)-c1ccc3c(oc4ccccc43)c1CCO2. The van der Waals surface area contributed by atoms with E-state index in [1.807, 2.05) is 24.3 Å². The molecule has 0 fully saturated rings. The van der Waals surface area contributed by atoms with Crippen molar-refractivity contribution in [3.05, 3.63) is 64.6 Å². The Morgan fingerprint density at radius 2 is 1.78 bits per heavy atom. The van der Waals surface area contributed by atoms with Gasteiger partial charge in [-0.05, 0) is 35.9 Å². The van der Waals surface area contributed by atoms with E-state index < -0.39 is 0 Å². The van der Waals surface area contributed by atoms with Crippen LogP contribution in [0.5, 0.6) is 5.75 Å². The third-order valence-corrected chi connectivity index (χ3v) is 4.98. The van der Waals surface area contributed by atoms with Crippen LogP contribution in [0.15, 0.2) is 63.5 Å². The van der Waals surface area contributed by atoms with E-state index in [9.17, 15) is 0 Å². The normalized spacial score (nSPS) is 13.4. The third kappa shape index (κ3) is 1.93. The fourth-order valence-electron chi connectivity index (χ4n) is 3.45. The molecule has 0 amide bonds. The van der Waals surface area contributed by atoms with Crippen LogP contribution in [0.1, 0.15) is 5.56 Å². The Morgan fingerprint density at radius 1 is 0.870 bits per heavy atom. The molecule has 5 rings (SSSR count). The van der Waals surface area contributed by atoms with E-state index in [0.717, 1.165) is 33.4 Å². The number of furan rings is 1. The van der Waals surface area contributed by atoms with Gasteiger partial charge < -0.3 is 9.15 Å². The molecule has 0 saturated heterocycles. The van der Waals surface area contributed by atoms with Gasteiger partial charge in [-0.3, -0.25) is 0 Å². The topological polar surface area (TPSA) is 22.4 Å². The second-order valence-corrected chi connectivity index (χ2v) is 6.72. The van der Waals surface area contributed by atoms with E-state index in [0.29, 0.717) is 6.61 Å². The summed E-state index contributed by atoms with van der Waals surface area (Å²) in [6.07, 6.45) is 0.846. The van der Waals surface area contributed by atoms with Crippen LogP contribution in [0.4, 0.5) is 0 Å². The summed E-state index contributed by atoms with van der Waals surface area (Å²) in [4.78, 5) is 0. The summed E-state index contributed by atoms with van der Waals surface area (Å²) in [7, 11) is 0. The zero-order chi connectivity index (χ0) is 15.4. The minimum absolute atomic E-state index is 0.664. The molecule has 0 N–H and O–H groups in total. The summed E-state index contributed by atoms with van der Waals surface area (Å²) in [5.74, 6) is 0.933.